The van der Waals surface area contributed by atoms with Crippen LogP contribution in [-0.2, 0) is 0 Å². The van der Waals surface area contributed by atoms with Gasteiger partial charge in [0, 0.05) is 23.8 Å². The first-order chi connectivity index (χ1) is 9.24. The molecule has 0 saturated carbocycles. The van der Waals surface area contributed by atoms with E-state index in [2.05, 4.69) is 12.1 Å². The van der Waals surface area contributed by atoms with Gasteiger partial charge in [-0.25, -0.2) is 0 Å². The number of carbonyl (C=O) groups is 1. The van der Waals surface area contributed by atoms with Gasteiger partial charge in [0.05, 0.1) is 4.88 Å². The molecule has 0 aliphatic carbocycles. The van der Waals surface area contributed by atoms with Gasteiger partial charge in [-0.15, -0.1) is 11.3 Å². The van der Waals surface area contributed by atoms with Crippen LogP contribution in [0.2, 0.25) is 0 Å². The number of fused-ring (bicyclic) bond motifs is 1. The molecule has 1 aliphatic rings. The number of thiophene rings is 1. The minimum Gasteiger partial charge on any atom is -0.338 e. The number of rotatable bonds is 1. The fourth-order valence-corrected chi connectivity index (χ4v) is 3.60. The lowest BCUT2D eigenvalue weighted by Gasteiger charge is -2.19. The average Bonchev–Trinajstić information content (AvgIpc) is 2.74. The van der Waals surface area contributed by atoms with E-state index in [1.54, 1.807) is 11.3 Å². The molecule has 0 unspecified atom stereocenters. The third-order valence-electron chi connectivity index (χ3n) is 3.70. The first-order valence-electron chi connectivity index (χ1n) is 6.77. The van der Waals surface area contributed by atoms with Crippen LogP contribution in [-0.4, -0.2) is 29.9 Å². The Morgan fingerprint density at radius 2 is 2.11 bits per heavy atom. The zero-order valence-electron chi connectivity index (χ0n) is 10.8. The zero-order valence-corrected chi connectivity index (χ0v) is 11.7. The predicted molar refractivity (Wildman–Crippen MR) is 79.6 cm³/mol. The van der Waals surface area contributed by atoms with Crippen molar-refractivity contribution in [3.05, 3.63) is 35.2 Å². The van der Waals surface area contributed by atoms with Crippen molar-refractivity contribution in [1.29, 1.82) is 0 Å². The highest BCUT2D eigenvalue weighted by Gasteiger charge is 2.21. The summed E-state index contributed by atoms with van der Waals surface area (Å²) < 4.78 is 1.18. The summed E-state index contributed by atoms with van der Waals surface area (Å²) >= 11 is 1.58. The van der Waals surface area contributed by atoms with E-state index in [0.29, 0.717) is 0 Å². The predicted octanol–water partition coefficient (Wildman–Crippen LogP) is 2.85. The van der Waals surface area contributed by atoms with E-state index in [1.807, 2.05) is 23.1 Å². The lowest BCUT2D eigenvalue weighted by Crippen LogP contribution is -2.32. The number of nitrogens with two attached hydrogens (primary N) is 1. The average molecular weight is 274 g/mol. The number of carbonyl (C=O) groups excluding carboxylic acids is 1. The molecule has 4 heteroatoms. The van der Waals surface area contributed by atoms with Crippen molar-refractivity contribution in [3.8, 4) is 0 Å². The van der Waals surface area contributed by atoms with E-state index in [9.17, 15) is 4.79 Å². The van der Waals surface area contributed by atoms with Crippen molar-refractivity contribution in [3.63, 3.8) is 0 Å². The Labute approximate surface area is 117 Å². The number of nitrogens with zero attached hydrogens (tertiary/aromatic N) is 1. The molecule has 1 aromatic carbocycles. The topological polar surface area (TPSA) is 46.3 Å². The van der Waals surface area contributed by atoms with Gasteiger partial charge >= 0.3 is 0 Å². The van der Waals surface area contributed by atoms with Gasteiger partial charge < -0.3 is 10.6 Å². The normalized spacial score (nSPS) is 20.5. The van der Waals surface area contributed by atoms with E-state index in [4.69, 9.17) is 5.73 Å². The molecule has 1 aromatic heterocycles. The summed E-state index contributed by atoms with van der Waals surface area (Å²) in [5.74, 6) is 0.162. The highest BCUT2D eigenvalue weighted by molar-refractivity contribution is 7.20. The van der Waals surface area contributed by atoms with Gasteiger partial charge in [0.1, 0.15) is 0 Å². The Kier molecular flexibility index (Phi) is 3.53. The minimum atomic E-state index is 0.162. The fraction of sp³-hybridized carbons (Fsp3) is 0.400. The lowest BCUT2D eigenvalue weighted by atomic mass is 10.1. The summed E-state index contributed by atoms with van der Waals surface area (Å²) in [6.45, 7) is 1.62. The maximum Gasteiger partial charge on any atom is 0.263 e. The molecule has 19 heavy (non-hydrogen) atoms. The fourth-order valence-electron chi connectivity index (χ4n) is 2.57. The molecule has 1 atom stereocenters. The first kappa shape index (κ1) is 12.6. The van der Waals surface area contributed by atoms with Crippen LogP contribution in [0.1, 0.15) is 28.9 Å². The molecule has 2 aromatic rings. The molecule has 0 bridgehead atoms. The molecule has 1 fully saturated rings. The van der Waals surface area contributed by atoms with Gasteiger partial charge in [-0.1, -0.05) is 18.2 Å². The van der Waals surface area contributed by atoms with Gasteiger partial charge in [0.15, 0.2) is 0 Å². The molecule has 0 spiro atoms. The van der Waals surface area contributed by atoms with E-state index in [1.165, 1.54) is 4.70 Å². The molecule has 1 aliphatic heterocycles. The first-order valence-corrected chi connectivity index (χ1v) is 7.59. The van der Waals surface area contributed by atoms with Crippen molar-refractivity contribution in [2.24, 2.45) is 5.73 Å². The Hall–Kier alpha value is -1.39. The largest absolute Gasteiger partial charge is 0.338 e. The van der Waals surface area contributed by atoms with Crippen LogP contribution >= 0.6 is 11.3 Å². The Morgan fingerprint density at radius 1 is 1.26 bits per heavy atom. The Morgan fingerprint density at radius 3 is 2.95 bits per heavy atom. The van der Waals surface area contributed by atoms with Crippen molar-refractivity contribution in [2.45, 2.75) is 25.3 Å². The SMILES string of the molecule is N[C@H]1CCCN(C(=O)c2cc3ccccc3s2)CC1. The third kappa shape index (κ3) is 2.65. The second-order valence-electron chi connectivity index (χ2n) is 5.13. The number of hydrogen-bond acceptors (Lipinski definition) is 3. The monoisotopic (exact) mass is 274 g/mol. The van der Waals surface area contributed by atoms with E-state index in [0.717, 1.165) is 42.6 Å². The van der Waals surface area contributed by atoms with Crippen LogP contribution < -0.4 is 5.73 Å². The van der Waals surface area contributed by atoms with Crippen LogP contribution in [0, 0.1) is 0 Å². The second kappa shape index (κ2) is 5.31. The summed E-state index contributed by atoms with van der Waals surface area (Å²) in [5.41, 5.74) is 5.96. The third-order valence-corrected chi connectivity index (χ3v) is 4.80. The summed E-state index contributed by atoms with van der Waals surface area (Å²) in [5, 5.41) is 1.15. The highest BCUT2D eigenvalue weighted by atomic mass is 32.1. The number of likely N-dealkylation sites (tertiary alicyclic amines) is 1. The van der Waals surface area contributed by atoms with Crippen molar-refractivity contribution in [2.75, 3.05) is 13.1 Å². The molecule has 0 radical (unpaired) electrons. The Balaban J connectivity index is 1.82. The van der Waals surface area contributed by atoms with Gasteiger partial charge in [-0.2, -0.15) is 0 Å². The van der Waals surface area contributed by atoms with Crippen LogP contribution in [0.25, 0.3) is 10.1 Å². The maximum absolute atomic E-state index is 12.5. The molecule has 2 N–H and O–H groups in total. The zero-order chi connectivity index (χ0) is 13.2. The maximum atomic E-state index is 12.5. The Bertz CT molecular complexity index is 560. The van der Waals surface area contributed by atoms with Crippen molar-refractivity contribution in [1.82, 2.24) is 4.90 Å². The molecule has 3 nitrogen and oxygen atoms in total. The molecule has 1 amide bonds. The van der Waals surface area contributed by atoms with E-state index < -0.39 is 0 Å². The summed E-state index contributed by atoms with van der Waals surface area (Å²) in [7, 11) is 0. The van der Waals surface area contributed by atoms with E-state index >= 15 is 0 Å². The molecular formula is C15H18N2OS. The van der Waals surface area contributed by atoms with Crippen molar-refractivity contribution >= 4 is 27.3 Å². The lowest BCUT2D eigenvalue weighted by molar-refractivity contribution is 0.0766. The molecule has 2 heterocycles. The second-order valence-corrected chi connectivity index (χ2v) is 6.22. The van der Waals surface area contributed by atoms with Gasteiger partial charge in [-0.05, 0) is 36.8 Å². The number of benzene rings is 1. The summed E-state index contributed by atoms with van der Waals surface area (Å²) in [6, 6.07) is 10.4. The van der Waals surface area contributed by atoms with Crippen molar-refractivity contribution < 1.29 is 4.79 Å². The number of hydrogen-bond donors (Lipinski definition) is 1. The van der Waals surface area contributed by atoms with Gasteiger partial charge in [0.25, 0.3) is 5.91 Å². The van der Waals surface area contributed by atoms with Crippen LogP contribution in [0.4, 0.5) is 0 Å². The standard InChI is InChI=1S/C15H18N2OS/c16-12-5-3-8-17(9-7-12)15(18)14-10-11-4-1-2-6-13(11)19-14/h1-2,4,6,10,12H,3,5,7-9,16H2/t12-/m0/s1. The smallest absolute Gasteiger partial charge is 0.263 e. The highest BCUT2D eigenvalue weighted by Crippen LogP contribution is 2.26. The number of amides is 1. The van der Waals surface area contributed by atoms with Crippen LogP contribution in [0.3, 0.4) is 0 Å². The molecule has 3 rings (SSSR count). The molecule has 1 saturated heterocycles. The summed E-state index contributed by atoms with van der Waals surface area (Å²) in [4.78, 5) is 15.3. The summed E-state index contributed by atoms with van der Waals surface area (Å²) in [6.07, 6.45) is 2.95. The van der Waals surface area contributed by atoms with E-state index in [-0.39, 0.29) is 11.9 Å². The van der Waals surface area contributed by atoms with Crippen LogP contribution in [0.5, 0.6) is 0 Å². The van der Waals surface area contributed by atoms with Gasteiger partial charge in [0.2, 0.25) is 0 Å². The van der Waals surface area contributed by atoms with Crippen LogP contribution in [0.15, 0.2) is 30.3 Å². The molecule has 100 valence electrons. The molecular weight excluding hydrogens is 256 g/mol. The quantitative estimate of drug-likeness (QED) is 0.869. The minimum absolute atomic E-state index is 0.162. The van der Waals surface area contributed by atoms with Gasteiger partial charge in [-0.3, -0.25) is 4.79 Å².